The third-order valence-corrected chi connectivity index (χ3v) is 6.05. The molecular weight excluding hydrogens is 546 g/mol. The van der Waals surface area contributed by atoms with Crippen molar-refractivity contribution in [1.29, 1.82) is 0 Å². The molecule has 0 bridgehead atoms. The quantitative estimate of drug-likeness (QED) is 0.114. The lowest BCUT2D eigenvalue weighted by Gasteiger charge is -2.18. The van der Waals surface area contributed by atoms with Gasteiger partial charge in [0.05, 0.1) is 30.4 Å². The first-order valence-corrected chi connectivity index (χ1v) is 12.4. The van der Waals surface area contributed by atoms with Crippen LogP contribution in [0.1, 0.15) is 38.7 Å². The molecule has 0 aliphatic carbocycles. The molecule has 0 saturated heterocycles. The van der Waals surface area contributed by atoms with Crippen LogP contribution >= 0.6 is 15.9 Å². The fraction of sp³-hybridized carbons (Fsp3) is 0.280. The zero-order valence-corrected chi connectivity index (χ0v) is 21.2. The van der Waals surface area contributed by atoms with Crippen LogP contribution < -0.4 is 11.2 Å². The predicted octanol–water partition coefficient (Wildman–Crippen LogP) is 4.00. The summed E-state index contributed by atoms with van der Waals surface area (Å²) in [7, 11) is 0. The van der Waals surface area contributed by atoms with E-state index in [9.17, 15) is 19.2 Å². The Balaban J connectivity index is 1.74. The van der Waals surface area contributed by atoms with E-state index in [1.54, 1.807) is 60.7 Å². The second-order valence-electron chi connectivity index (χ2n) is 8.00. The van der Waals surface area contributed by atoms with E-state index in [2.05, 4.69) is 30.9 Å². The van der Waals surface area contributed by atoms with Crippen molar-refractivity contribution in [3.63, 3.8) is 0 Å². The van der Waals surface area contributed by atoms with Gasteiger partial charge >= 0.3 is 17.6 Å². The topological polar surface area (TPSA) is 156 Å². The van der Waals surface area contributed by atoms with Crippen molar-refractivity contribution in [3.8, 4) is 0 Å². The molecule has 1 aromatic heterocycles. The van der Waals surface area contributed by atoms with E-state index in [1.165, 1.54) is 10.8 Å². The number of carbonyl (C=O) groups is 2. The number of azide groups is 1. The lowest BCUT2D eigenvalue weighted by atomic mass is 10.1. The Labute approximate surface area is 219 Å². The Morgan fingerprint density at radius 2 is 1.51 bits per heavy atom. The van der Waals surface area contributed by atoms with Gasteiger partial charge in [0.2, 0.25) is 0 Å². The van der Waals surface area contributed by atoms with Gasteiger partial charge in [-0.3, -0.25) is 9.78 Å². The fourth-order valence-corrected chi connectivity index (χ4v) is 3.89. The number of carbonyl (C=O) groups excluding carboxylic acids is 2. The zero-order valence-electron chi connectivity index (χ0n) is 19.7. The van der Waals surface area contributed by atoms with Gasteiger partial charge in [0.25, 0.3) is 5.56 Å². The van der Waals surface area contributed by atoms with E-state index < -0.39 is 35.1 Å². The SMILES string of the molecule is [N-]=[N+]=NC(CBr)c1cn(CCC(COC(=O)c2ccccc2)COC(=O)c2ccccc2)c(=O)[nH]c1=O. The summed E-state index contributed by atoms with van der Waals surface area (Å²) in [4.78, 5) is 54.4. The first-order chi connectivity index (χ1) is 17.9. The lowest BCUT2D eigenvalue weighted by Crippen LogP contribution is -2.33. The highest BCUT2D eigenvalue weighted by Crippen LogP contribution is 2.16. The molecule has 1 N–H and O–H groups in total. The van der Waals surface area contributed by atoms with Gasteiger partial charge in [-0.25, -0.2) is 14.4 Å². The van der Waals surface area contributed by atoms with Gasteiger partial charge in [0.1, 0.15) is 0 Å². The van der Waals surface area contributed by atoms with Crippen molar-refractivity contribution in [2.24, 2.45) is 11.0 Å². The first kappa shape index (κ1) is 27.4. The standard InChI is InChI=1S/C25H24BrN5O6/c26-13-21(29-30-27)20-14-31(25(35)28-22(20)32)12-11-17(15-36-23(33)18-7-3-1-4-8-18)16-37-24(34)19-9-5-2-6-10-19/h1-10,14,17,21H,11-13,15-16H2,(H,28,32,35). The van der Waals surface area contributed by atoms with Gasteiger partial charge in [-0.05, 0) is 36.2 Å². The molecule has 1 atom stereocenters. The number of hydrogen-bond donors (Lipinski definition) is 1. The number of halogens is 1. The van der Waals surface area contributed by atoms with E-state index in [-0.39, 0.29) is 37.1 Å². The number of hydrogen-bond acceptors (Lipinski definition) is 7. The summed E-state index contributed by atoms with van der Waals surface area (Å²) < 4.78 is 12.1. The number of nitrogens with zero attached hydrogens (tertiary/aromatic N) is 4. The molecule has 3 aromatic rings. The number of benzene rings is 2. The van der Waals surface area contributed by atoms with Crippen LogP contribution in [0.2, 0.25) is 0 Å². The number of aryl methyl sites for hydroxylation is 1. The molecule has 0 fully saturated rings. The van der Waals surface area contributed by atoms with E-state index in [0.29, 0.717) is 11.1 Å². The van der Waals surface area contributed by atoms with E-state index in [1.807, 2.05) is 0 Å². The average Bonchev–Trinajstić information content (AvgIpc) is 2.93. The number of H-pyrrole nitrogens is 1. The summed E-state index contributed by atoms with van der Waals surface area (Å²) in [6, 6.07) is 16.1. The first-order valence-electron chi connectivity index (χ1n) is 11.3. The summed E-state index contributed by atoms with van der Waals surface area (Å²) in [6.07, 6.45) is 1.61. The number of rotatable bonds is 12. The number of alkyl halides is 1. The molecule has 0 aliphatic rings. The van der Waals surface area contributed by atoms with Crippen LogP contribution in [0, 0.1) is 5.92 Å². The predicted molar refractivity (Wildman–Crippen MR) is 139 cm³/mol. The minimum Gasteiger partial charge on any atom is -0.462 e. The minimum absolute atomic E-state index is 0.0660. The van der Waals surface area contributed by atoms with Gasteiger partial charge in [-0.2, -0.15) is 0 Å². The maximum absolute atomic E-state index is 12.4. The van der Waals surface area contributed by atoms with Crippen LogP contribution in [-0.4, -0.2) is 40.0 Å². The van der Waals surface area contributed by atoms with Crippen LogP contribution in [-0.2, 0) is 16.0 Å². The van der Waals surface area contributed by atoms with Crippen molar-refractivity contribution in [2.75, 3.05) is 18.5 Å². The highest BCUT2D eigenvalue weighted by atomic mass is 79.9. The van der Waals surface area contributed by atoms with Crippen molar-refractivity contribution in [2.45, 2.75) is 19.0 Å². The van der Waals surface area contributed by atoms with Gasteiger partial charge in [-0.15, -0.1) is 0 Å². The molecule has 1 unspecified atom stereocenters. The number of esters is 2. The molecule has 37 heavy (non-hydrogen) atoms. The normalized spacial score (nSPS) is 11.4. The molecule has 0 spiro atoms. The molecule has 0 radical (unpaired) electrons. The van der Waals surface area contributed by atoms with Crippen LogP contribution in [0.4, 0.5) is 0 Å². The van der Waals surface area contributed by atoms with Crippen LogP contribution in [0.25, 0.3) is 10.4 Å². The van der Waals surface area contributed by atoms with Crippen LogP contribution in [0.15, 0.2) is 81.6 Å². The molecular formula is C25H24BrN5O6. The van der Waals surface area contributed by atoms with Gasteiger partial charge < -0.3 is 14.0 Å². The third-order valence-electron chi connectivity index (χ3n) is 5.43. The number of nitrogens with one attached hydrogen (secondary N) is 1. The van der Waals surface area contributed by atoms with Crippen LogP contribution in [0.5, 0.6) is 0 Å². The molecule has 192 valence electrons. The highest BCUT2D eigenvalue weighted by Gasteiger charge is 2.19. The van der Waals surface area contributed by atoms with Gasteiger partial charge in [-0.1, -0.05) is 57.4 Å². The molecule has 0 amide bonds. The monoisotopic (exact) mass is 569 g/mol. The summed E-state index contributed by atoms with van der Waals surface area (Å²) >= 11 is 3.20. The van der Waals surface area contributed by atoms with E-state index in [0.717, 1.165) is 0 Å². The summed E-state index contributed by atoms with van der Waals surface area (Å²) in [6.45, 7) is -0.0165. The van der Waals surface area contributed by atoms with Crippen molar-refractivity contribution in [3.05, 3.63) is 115 Å². The maximum atomic E-state index is 12.4. The van der Waals surface area contributed by atoms with Crippen molar-refractivity contribution in [1.82, 2.24) is 9.55 Å². The maximum Gasteiger partial charge on any atom is 0.338 e. The largest absolute Gasteiger partial charge is 0.462 e. The van der Waals surface area contributed by atoms with E-state index >= 15 is 0 Å². The van der Waals surface area contributed by atoms with Gasteiger partial charge in [0, 0.05) is 34.5 Å². The second-order valence-corrected chi connectivity index (χ2v) is 8.64. The average molecular weight is 570 g/mol. The lowest BCUT2D eigenvalue weighted by molar-refractivity contribution is 0.0240. The molecule has 11 nitrogen and oxygen atoms in total. The Hall–Kier alpha value is -4.15. The molecule has 0 aliphatic heterocycles. The molecule has 0 saturated carbocycles. The Morgan fingerprint density at radius 1 is 0.973 bits per heavy atom. The van der Waals surface area contributed by atoms with Crippen molar-refractivity contribution < 1.29 is 19.1 Å². The molecule has 2 aromatic carbocycles. The Kier molecular flexibility index (Phi) is 10.2. The zero-order chi connectivity index (χ0) is 26.6. The third kappa shape index (κ3) is 7.92. The molecule has 1 heterocycles. The summed E-state index contributed by atoms with van der Waals surface area (Å²) in [5.74, 6) is -1.51. The number of ether oxygens (including phenoxy) is 2. The Morgan fingerprint density at radius 3 is 2.00 bits per heavy atom. The highest BCUT2D eigenvalue weighted by molar-refractivity contribution is 9.09. The van der Waals surface area contributed by atoms with E-state index in [4.69, 9.17) is 15.0 Å². The van der Waals surface area contributed by atoms with Crippen molar-refractivity contribution >= 4 is 27.9 Å². The fourth-order valence-electron chi connectivity index (χ4n) is 3.41. The number of aromatic amines is 1. The van der Waals surface area contributed by atoms with Gasteiger partial charge in [0.15, 0.2) is 0 Å². The number of aromatic nitrogens is 2. The smallest absolute Gasteiger partial charge is 0.338 e. The summed E-state index contributed by atoms with van der Waals surface area (Å²) in [5.41, 5.74) is 8.35. The molecule has 12 heteroatoms. The second kappa shape index (κ2) is 13.8. The molecule has 3 rings (SSSR count). The minimum atomic E-state index is -0.810. The van der Waals surface area contributed by atoms with Crippen LogP contribution in [0.3, 0.4) is 0 Å². The summed E-state index contributed by atoms with van der Waals surface area (Å²) in [5, 5.41) is 3.76. The Bertz CT molecular complexity index is 1310.